The summed E-state index contributed by atoms with van der Waals surface area (Å²) in [6, 6.07) is 1.54. The van der Waals surface area contributed by atoms with E-state index in [4.69, 9.17) is 11.6 Å². The van der Waals surface area contributed by atoms with Crippen LogP contribution in [-0.2, 0) is 0 Å². The van der Waals surface area contributed by atoms with Crippen LogP contribution in [0.2, 0.25) is 5.02 Å². The number of nitrogens with zero attached hydrogens (tertiary/aromatic N) is 1. The van der Waals surface area contributed by atoms with Gasteiger partial charge in [-0.05, 0) is 19.5 Å². The fourth-order valence-corrected chi connectivity index (χ4v) is 1.90. The Balaban J connectivity index is 2.94. The van der Waals surface area contributed by atoms with Gasteiger partial charge in [0.05, 0.1) is 10.7 Å². The highest BCUT2D eigenvalue weighted by Crippen LogP contribution is 2.23. The Morgan fingerprint density at radius 2 is 2.27 bits per heavy atom. The molecule has 1 heterocycles. The Bertz CT molecular complexity index is 326. The Morgan fingerprint density at radius 1 is 1.60 bits per heavy atom. The van der Waals surface area contributed by atoms with Crippen LogP contribution in [0.5, 0.6) is 0 Å². The van der Waals surface area contributed by atoms with E-state index in [-0.39, 0.29) is 17.8 Å². The summed E-state index contributed by atoms with van der Waals surface area (Å²) < 4.78 is 13.6. The second-order valence-electron chi connectivity index (χ2n) is 3.61. The standard InChI is InChI=1S/C11H16ClFN2/c1-4-10(14-3)7(2)11-9(13)5-8(12)6-15-11/h5-7,10,14H,4H2,1-3H3. The van der Waals surface area contributed by atoms with Crippen LogP contribution < -0.4 is 5.32 Å². The van der Waals surface area contributed by atoms with Crippen LogP contribution in [-0.4, -0.2) is 18.1 Å². The molecule has 0 saturated heterocycles. The van der Waals surface area contributed by atoms with Gasteiger partial charge in [0.15, 0.2) is 0 Å². The molecule has 0 aromatic carbocycles. The van der Waals surface area contributed by atoms with E-state index >= 15 is 0 Å². The summed E-state index contributed by atoms with van der Waals surface area (Å²) in [5, 5.41) is 3.49. The molecule has 4 heteroatoms. The number of nitrogens with one attached hydrogen (secondary N) is 1. The molecule has 0 radical (unpaired) electrons. The van der Waals surface area contributed by atoms with Crippen molar-refractivity contribution in [1.29, 1.82) is 0 Å². The van der Waals surface area contributed by atoms with Crippen molar-refractivity contribution in [2.75, 3.05) is 7.05 Å². The third kappa shape index (κ3) is 2.89. The molecule has 2 atom stereocenters. The zero-order chi connectivity index (χ0) is 11.4. The molecule has 0 aliphatic heterocycles. The molecule has 0 aliphatic rings. The molecule has 2 nitrogen and oxygen atoms in total. The molecule has 15 heavy (non-hydrogen) atoms. The van der Waals surface area contributed by atoms with Gasteiger partial charge in [-0.25, -0.2) is 4.39 Å². The molecule has 0 aliphatic carbocycles. The van der Waals surface area contributed by atoms with Crippen LogP contribution in [0.3, 0.4) is 0 Å². The molecule has 2 unspecified atom stereocenters. The van der Waals surface area contributed by atoms with Gasteiger partial charge in [-0.3, -0.25) is 4.98 Å². The van der Waals surface area contributed by atoms with Gasteiger partial charge < -0.3 is 5.32 Å². The first-order chi connectivity index (χ1) is 7.10. The molecular weight excluding hydrogens is 215 g/mol. The molecule has 0 spiro atoms. The predicted molar refractivity (Wildman–Crippen MR) is 60.8 cm³/mol. The summed E-state index contributed by atoms with van der Waals surface area (Å²) >= 11 is 5.65. The van der Waals surface area contributed by atoms with E-state index in [0.717, 1.165) is 6.42 Å². The van der Waals surface area contributed by atoms with Crippen LogP contribution in [0.4, 0.5) is 4.39 Å². The van der Waals surface area contributed by atoms with Gasteiger partial charge in [0.2, 0.25) is 0 Å². The number of aromatic nitrogens is 1. The number of rotatable bonds is 4. The normalized spacial score (nSPS) is 15.0. The molecule has 0 amide bonds. The van der Waals surface area contributed by atoms with Gasteiger partial charge in [-0.15, -0.1) is 0 Å². The highest BCUT2D eigenvalue weighted by Gasteiger charge is 2.20. The SMILES string of the molecule is CCC(NC)C(C)c1ncc(Cl)cc1F. The molecule has 0 bridgehead atoms. The second kappa shape index (κ2) is 5.42. The molecule has 1 rings (SSSR count). The highest BCUT2D eigenvalue weighted by molar-refractivity contribution is 6.30. The summed E-state index contributed by atoms with van der Waals surface area (Å²) in [7, 11) is 1.87. The first kappa shape index (κ1) is 12.4. The molecule has 84 valence electrons. The molecule has 0 saturated carbocycles. The maximum atomic E-state index is 13.6. The minimum atomic E-state index is -0.330. The molecule has 1 aromatic heterocycles. The third-order valence-electron chi connectivity index (χ3n) is 2.68. The van der Waals surface area contributed by atoms with Gasteiger partial charge in [0, 0.05) is 18.2 Å². The first-order valence-corrected chi connectivity index (χ1v) is 5.46. The van der Waals surface area contributed by atoms with E-state index in [1.807, 2.05) is 14.0 Å². The molecule has 0 fully saturated rings. The van der Waals surface area contributed by atoms with E-state index in [1.165, 1.54) is 12.3 Å². The van der Waals surface area contributed by atoms with Crippen molar-refractivity contribution >= 4 is 11.6 Å². The van der Waals surface area contributed by atoms with Gasteiger partial charge in [0.1, 0.15) is 5.82 Å². The van der Waals surface area contributed by atoms with Gasteiger partial charge >= 0.3 is 0 Å². The number of hydrogen-bond acceptors (Lipinski definition) is 2. The predicted octanol–water partition coefficient (Wildman–Crippen LogP) is 2.98. The van der Waals surface area contributed by atoms with Crippen molar-refractivity contribution in [3.8, 4) is 0 Å². The Kier molecular flexibility index (Phi) is 4.48. The summed E-state index contributed by atoms with van der Waals surface area (Å²) in [6.07, 6.45) is 2.42. The number of halogens is 2. The lowest BCUT2D eigenvalue weighted by Crippen LogP contribution is -2.30. The summed E-state index contributed by atoms with van der Waals surface area (Å²) in [6.45, 7) is 4.02. The Labute approximate surface area is 94.9 Å². The van der Waals surface area contributed by atoms with Crippen LogP contribution in [0, 0.1) is 5.82 Å². The quantitative estimate of drug-likeness (QED) is 0.860. The van der Waals surface area contributed by atoms with Gasteiger partial charge in [-0.2, -0.15) is 0 Å². The van der Waals surface area contributed by atoms with E-state index < -0.39 is 0 Å². The van der Waals surface area contributed by atoms with Crippen molar-refractivity contribution in [2.45, 2.75) is 32.2 Å². The van der Waals surface area contributed by atoms with E-state index in [0.29, 0.717) is 10.7 Å². The van der Waals surface area contributed by atoms with Crippen LogP contribution >= 0.6 is 11.6 Å². The smallest absolute Gasteiger partial charge is 0.146 e. The molecule has 1 aromatic rings. The third-order valence-corrected chi connectivity index (χ3v) is 2.89. The average Bonchev–Trinajstić information content (AvgIpc) is 2.19. The minimum Gasteiger partial charge on any atom is -0.316 e. The Hall–Kier alpha value is -0.670. The monoisotopic (exact) mass is 230 g/mol. The van der Waals surface area contributed by atoms with Crippen molar-refractivity contribution in [3.63, 3.8) is 0 Å². The highest BCUT2D eigenvalue weighted by atomic mass is 35.5. The first-order valence-electron chi connectivity index (χ1n) is 5.08. The number of likely N-dealkylation sites (N-methyl/N-ethyl adjacent to an activating group) is 1. The van der Waals surface area contributed by atoms with E-state index in [1.54, 1.807) is 0 Å². The minimum absolute atomic E-state index is 0.0391. The van der Waals surface area contributed by atoms with E-state index in [9.17, 15) is 4.39 Å². The summed E-state index contributed by atoms with van der Waals surface area (Å²) in [4.78, 5) is 4.05. The number of pyridine rings is 1. The number of hydrogen-bond donors (Lipinski definition) is 1. The fraction of sp³-hybridized carbons (Fsp3) is 0.545. The van der Waals surface area contributed by atoms with E-state index in [2.05, 4.69) is 17.2 Å². The fourth-order valence-electron chi connectivity index (χ4n) is 1.76. The lowest BCUT2D eigenvalue weighted by atomic mass is 9.95. The van der Waals surface area contributed by atoms with Crippen molar-refractivity contribution in [3.05, 3.63) is 28.8 Å². The molecular formula is C11H16ClFN2. The Morgan fingerprint density at radius 3 is 2.73 bits per heavy atom. The van der Waals surface area contributed by atoms with Crippen LogP contribution in [0.1, 0.15) is 31.9 Å². The van der Waals surface area contributed by atoms with Gasteiger partial charge in [0.25, 0.3) is 0 Å². The van der Waals surface area contributed by atoms with Crippen molar-refractivity contribution < 1.29 is 4.39 Å². The maximum Gasteiger partial charge on any atom is 0.146 e. The van der Waals surface area contributed by atoms with Gasteiger partial charge in [-0.1, -0.05) is 25.4 Å². The maximum absolute atomic E-state index is 13.6. The van der Waals surface area contributed by atoms with Crippen LogP contribution in [0.25, 0.3) is 0 Å². The average molecular weight is 231 g/mol. The lowest BCUT2D eigenvalue weighted by Gasteiger charge is -2.21. The zero-order valence-corrected chi connectivity index (χ0v) is 9.98. The summed E-state index contributed by atoms with van der Waals surface area (Å²) in [5.74, 6) is -0.291. The van der Waals surface area contributed by atoms with Crippen LogP contribution in [0.15, 0.2) is 12.3 Å². The molecule has 1 N–H and O–H groups in total. The topological polar surface area (TPSA) is 24.9 Å². The lowest BCUT2D eigenvalue weighted by molar-refractivity contribution is 0.447. The second-order valence-corrected chi connectivity index (χ2v) is 4.05. The van der Waals surface area contributed by atoms with Crippen molar-refractivity contribution in [1.82, 2.24) is 10.3 Å². The largest absolute Gasteiger partial charge is 0.316 e. The zero-order valence-electron chi connectivity index (χ0n) is 9.22. The summed E-state index contributed by atoms with van der Waals surface area (Å²) in [5.41, 5.74) is 0.473. The van der Waals surface area contributed by atoms with Crippen molar-refractivity contribution in [2.24, 2.45) is 0 Å².